The molecule has 1 saturated heterocycles. The molecule has 0 aromatic rings. The van der Waals surface area contributed by atoms with E-state index >= 15 is 0 Å². The molecule has 108 valence electrons. The van der Waals surface area contributed by atoms with Crippen molar-refractivity contribution in [1.82, 2.24) is 0 Å². The van der Waals surface area contributed by atoms with Crippen LogP contribution in [0.15, 0.2) is 0 Å². The van der Waals surface area contributed by atoms with Crippen LogP contribution in [0.3, 0.4) is 0 Å². The Labute approximate surface area is 111 Å². The Bertz CT molecular complexity index is 221. The highest BCUT2D eigenvalue weighted by Gasteiger charge is 2.28. The van der Waals surface area contributed by atoms with E-state index in [2.05, 4.69) is 27.7 Å². The summed E-state index contributed by atoms with van der Waals surface area (Å²) in [4.78, 5) is 0. The minimum Gasteiger partial charge on any atom is -0.377 e. The van der Waals surface area contributed by atoms with Crippen molar-refractivity contribution in [3.63, 3.8) is 0 Å². The molecule has 0 aliphatic carbocycles. The van der Waals surface area contributed by atoms with Gasteiger partial charge in [0.15, 0.2) is 0 Å². The summed E-state index contributed by atoms with van der Waals surface area (Å²) in [7, 11) is 0. The number of nitrogens with two attached hydrogens (primary N) is 1. The van der Waals surface area contributed by atoms with Crippen LogP contribution >= 0.6 is 0 Å². The minimum atomic E-state index is 0.226. The molecule has 0 saturated carbocycles. The highest BCUT2D eigenvalue weighted by molar-refractivity contribution is 4.76. The van der Waals surface area contributed by atoms with E-state index in [1.54, 1.807) is 0 Å². The predicted molar refractivity (Wildman–Crippen MR) is 72.3 cm³/mol. The van der Waals surface area contributed by atoms with Crippen LogP contribution in [0.5, 0.6) is 0 Å². The van der Waals surface area contributed by atoms with Gasteiger partial charge in [-0.1, -0.05) is 27.7 Å². The predicted octanol–water partition coefficient (Wildman–Crippen LogP) is 2.16. The Kier molecular flexibility index (Phi) is 7.15. The van der Waals surface area contributed by atoms with E-state index in [4.69, 9.17) is 19.9 Å². The Hall–Kier alpha value is -0.160. The lowest BCUT2D eigenvalue weighted by atomic mass is 9.94. The third kappa shape index (κ3) is 5.22. The van der Waals surface area contributed by atoms with E-state index in [0.29, 0.717) is 37.9 Å². The van der Waals surface area contributed by atoms with Gasteiger partial charge in [-0.2, -0.15) is 0 Å². The molecule has 0 aromatic heterocycles. The summed E-state index contributed by atoms with van der Waals surface area (Å²) in [5.74, 6) is 1.03. The van der Waals surface area contributed by atoms with Gasteiger partial charge < -0.3 is 19.9 Å². The quantitative estimate of drug-likeness (QED) is 0.761. The van der Waals surface area contributed by atoms with Crippen LogP contribution < -0.4 is 5.73 Å². The third-order valence-corrected chi connectivity index (χ3v) is 3.51. The summed E-state index contributed by atoms with van der Waals surface area (Å²) in [5, 5.41) is 0. The van der Waals surface area contributed by atoms with E-state index in [1.165, 1.54) is 0 Å². The molecule has 3 unspecified atom stereocenters. The van der Waals surface area contributed by atoms with E-state index in [-0.39, 0.29) is 12.2 Å². The number of hydrogen-bond donors (Lipinski definition) is 1. The van der Waals surface area contributed by atoms with Crippen molar-refractivity contribution < 1.29 is 14.2 Å². The summed E-state index contributed by atoms with van der Waals surface area (Å²) in [5.41, 5.74) is 5.50. The first-order chi connectivity index (χ1) is 8.54. The molecule has 1 heterocycles. The first-order valence-corrected chi connectivity index (χ1v) is 7.09. The first kappa shape index (κ1) is 15.9. The summed E-state index contributed by atoms with van der Waals surface area (Å²) >= 11 is 0. The molecule has 0 bridgehead atoms. The van der Waals surface area contributed by atoms with Crippen LogP contribution in [0.2, 0.25) is 0 Å². The van der Waals surface area contributed by atoms with Crippen LogP contribution in [0.1, 0.15) is 40.5 Å². The van der Waals surface area contributed by atoms with Crippen molar-refractivity contribution >= 4 is 0 Å². The molecule has 2 N–H and O–H groups in total. The zero-order chi connectivity index (χ0) is 13.5. The molecule has 3 atom stereocenters. The maximum atomic E-state index is 5.81. The molecule has 1 rings (SSSR count). The van der Waals surface area contributed by atoms with E-state index in [9.17, 15) is 0 Å². The Morgan fingerprint density at radius 3 is 2.50 bits per heavy atom. The highest BCUT2D eigenvalue weighted by Crippen LogP contribution is 2.25. The van der Waals surface area contributed by atoms with Crippen LogP contribution in [0.4, 0.5) is 0 Å². The Morgan fingerprint density at radius 1 is 1.22 bits per heavy atom. The fourth-order valence-corrected chi connectivity index (χ4v) is 2.26. The largest absolute Gasteiger partial charge is 0.377 e. The van der Waals surface area contributed by atoms with Gasteiger partial charge in [-0.05, 0) is 11.8 Å². The number of rotatable bonds is 7. The molecule has 4 nitrogen and oxygen atoms in total. The van der Waals surface area contributed by atoms with Crippen molar-refractivity contribution in [2.24, 2.45) is 17.6 Å². The van der Waals surface area contributed by atoms with Gasteiger partial charge >= 0.3 is 0 Å². The average Bonchev–Trinajstić information content (AvgIpc) is 2.34. The second-order valence-electron chi connectivity index (χ2n) is 5.77. The van der Waals surface area contributed by atoms with Crippen molar-refractivity contribution in [2.45, 2.75) is 58.8 Å². The van der Waals surface area contributed by atoms with Crippen LogP contribution in [-0.4, -0.2) is 38.3 Å². The molecule has 0 spiro atoms. The maximum Gasteiger partial charge on any atom is 0.147 e. The lowest BCUT2D eigenvalue weighted by Gasteiger charge is -2.34. The van der Waals surface area contributed by atoms with Gasteiger partial charge in [0.1, 0.15) is 6.79 Å². The average molecular weight is 259 g/mol. The normalized spacial score (nSPS) is 26.8. The Morgan fingerprint density at radius 2 is 1.94 bits per heavy atom. The van der Waals surface area contributed by atoms with E-state index < -0.39 is 0 Å². The van der Waals surface area contributed by atoms with Gasteiger partial charge in [0.05, 0.1) is 24.9 Å². The zero-order valence-corrected chi connectivity index (χ0v) is 12.2. The Balaban J connectivity index is 2.42. The maximum absolute atomic E-state index is 5.81. The van der Waals surface area contributed by atoms with Crippen LogP contribution in [0.25, 0.3) is 0 Å². The fraction of sp³-hybridized carbons (Fsp3) is 1.00. The van der Waals surface area contributed by atoms with Gasteiger partial charge in [-0.15, -0.1) is 0 Å². The monoisotopic (exact) mass is 259 g/mol. The molecular formula is C14H29NO3. The minimum absolute atomic E-state index is 0.226. The first-order valence-electron chi connectivity index (χ1n) is 7.09. The summed E-state index contributed by atoms with van der Waals surface area (Å²) in [6.07, 6.45) is 2.68. The van der Waals surface area contributed by atoms with Gasteiger partial charge in [0.25, 0.3) is 0 Å². The lowest BCUT2D eigenvalue weighted by Crippen LogP contribution is -2.38. The molecule has 0 amide bonds. The standard InChI is InChI=1S/C14H29NO3/c1-10(2)13(16-6-5-15)7-12-8-14(11(3)4)18-9-17-12/h10-14H,5-9,15H2,1-4H3. The lowest BCUT2D eigenvalue weighted by molar-refractivity contribution is -0.195. The van der Waals surface area contributed by atoms with Gasteiger partial charge in [0, 0.05) is 19.4 Å². The van der Waals surface area contributed by atoms with Gasteiger partial charge in [-0.3, -0.25) is 0 Å². The fourth-order valence-electron chi connectivity index (χ4n) is 2.26. The summed E-state index contributed by atoms with van der Waals surface area (Å²) in [6, 6.07) is 0. The van der Waals surface area contributed by atoms with Crippen LogP contribution in [-0.2, 0) is 14.2 Å². The van der Waals surface area contributed by atoms with Crippen LogP contribution in [0, 0.1) is 11.8 Å². The SMILES string of the molecule is CC(C)C(CC1CC(C(C)C)OCO1)OCCN. The number of hydrogen-bond acceptors (Lipinski definition) is 4. The van der Waals surface area contributed by atoms with Gasteiger partial charge in [0.2, 0.25) is 0 Å². The molecular weight excluding hydrogens is 230 g/mol. The third-order valence-electron chi connectivity index (χ3n) is 3.51. The molecule has 1 fully saturated rings. The summed E-state index contributed by atoms with van der Waals surface area (Å²) < 4.78 is 17.1. The molecule has 1 aliphatic rings. The second kappa shape index (κ2) is 8.10. The van der Waals surface area contributed by atoms with Crippen molar-refractivity contribution in [1.29, 1.82) is 0 Å². The van der Waals surface area contributed by atoms with Crippen molar-refractivity contribution in [2.75, 3.05) is 19.9 Å². The molecule has 0 radical (unpaired) electrons. The van der Waals surface area contributed by atoms with E-state index in [0.717, 1.165) is 12.8 Å². The highest BCUT2D eigenvalue weighted by atomic mass is 16.7. The molecule has 18 heavy (non-hydrogen) atoms. The van der Waals surface area contributed by atoms with Crippen molar-refractivity contribution in [3.05, 3.63) is 0 Å². The van der Waals surface area contributed by atoms with E-state index in [1.807, 2.05) is 0 Å². The van der Waals surface area contributed by atoms with Crippen molar-refractivity contribution in [3.8, 4) is 0 Å². The zero-order valence-electron chi connectivity index (χ0n) is 12.2. The molecule has 4 heteroatoms. The summed E-state index contributed by atoms with van der Waals surface area (Å²) in [6.45, 7) is 10.4. The molecule has 1 aliphatic heterocycles. The second-order valence-corrected chi connectivity index (χ2v) is 5.77. The van der Waals surface area contributed by atoms with Gasteiger partial charge in [-0.25, -0.2) is 0 Å². The topological polar surface area (TPSA) is 53.7 Å². The molecule has 0 aromatic carbocycles. The smallest absolute Gasteiger partial charge is 0.147 e. The number of ether oxygens (including phenoxy) is 3.